The van der Waals surface area contributed by atoms with Crippen LogP contribution < -0.4 is 0 Å². The summed E-state index contributed by atoms with van der Waals surface area (Å²) in [5, 5.41) is 0. The maximum absolute atomic E-state index is 13.2. The second-order valence-corrected chi connectivity index (χ2v) is 21.5. The zero-order valence-corrected chi connectivity index (χ0v) is 28.7. The summed E-state index contributed by atoms with van der Waals surface area (Å²) < 4.78 is 34.5. The van der Waals surface area contributed by atoms with Crippen molar-refractivity contribution in [2.75, 3.05) is 5.75 Å². The predicted octanol–water partition coefficient (Wildman–Crippen LogP) is 9.82. The number of hydrogen-bond acceptors (Lipinski definition) is 5. The Balaban J connectivity index is 1.38. The summed E-state index contributed by atoms with van der Waals surface area (Å²) >= 11 is 1.29. The zero-order valence-electron chi connectivity index (χ0n) is 26.1. The number of aromatic nitrogens is 1. The third-order valence-corrected chi connectivity index (χ3v) is 18.6. The van der Waals surface area contributed by atoms with Gasteiger partial charge in [-0.1, -0.05) is 71.2 Å². The van der Waals surface area contributed by atoms with Crippen LogP contribution in [0.2, 0.25) is 18.1 Å². The first kappa shape index (κ1) is 31.9. The average Bonchev–Trinajstić information content (AvgIpc) is 3.52. The highest BCUT2D eigenvalue weighted by Gasteiger charge is 2.50. The normalized spacial score (nSPS) is 25.9. The topological polar surface area (TPSA) is 56.3 Å². The highest BCUT2D eigenvalue weighted by Crippen LogP contribution is 2.60. The molecular formula is C33H53NO3S2Si. The van der Waals surface area contributed by atoms with Gasteiger partial charge in [0.2, 0.25) is 14.2 Å². The van der Waals surface area contributed by atoms with Gasteiger partial charge in [0.05, 0.1) is 21.6 Å². The van der Waals surface area contributed by atoms with Crippen molar-refractivity contribution in [2.45, 2.75) is 128 Å². The van der Waals surface area contributed by atoms with Gasteiger partial charge in [-0.2, -0.15) is 0 Å². The van der Waals surface area contributed by atoms with E-state index in [1.807, 2.05) is 24.3 Å². The van der Waals surface area contributed by atoms with Gasteiger partial charge in [0.25, 0.3) is 0 Å². The summed E-state index contributed by atoms with van der Waals surface area (Å²) in [6, 6.07) is 11.3. The minimum Gasteiger partial charge on any atom is -0.412 e. The molecule has 40 heavy (non-hydrogen) atoms. The highest BCUT2D eigenvalue weighted by atomic mass is 32.2. The molecule has 224 valence electrons. The fraction of sp³-hybridized carbons (Fsp3) is 0.727. The molecule has 2 saturated carbocycles. The van der Waals surface area contributed by atoms with Gasteiger partial charge in [0, 0.05) is 0 Å². The number of fused-ring (bicyclic) bond motifs is 2. The van der Waals surface area contributed by atoms with Crippen LogP contribution in [0.5, 0.6) is 0 Å². The van der Waals surface area contributed by atoms with E-state index in [1.54, 1.807) is 0 Å². The van der Waals surface area contributed by atoms with Crippen molar-refractivity contribution in [1.29, 1.82) is 0 Å². The van der Waals surface area contributed by atoms with E-state index < -0.39 is 18.2 Å². The van der Waals surface area contributed by atoms with Crippen molar-refractivity contribution in [3.05, 3.63) is 35.9 Å². The maximum atomic E-state index is 13.2. The highest BCUT2D eigenvalue weighted by molar-refractivity contribution is 7.93. The molecule has 1 aromatic heterocycles. The summed E-state index contributed by atoms with van der Waals surface area (Å²) in [6.07, 6.45) is 11.6. The Labute approximate surface area is 249 Å². The Hall–Kier alpha value is -1.02. The Morgan fingerprint density at radius 2 is 1.88 bits per heavy atom. The summed E-state index contributed by atoms with van der Waals surface area (Å²) in [5.41, 5.74) is 2.41. The van der Waals surface area contributed by atoms with Gasteiger partial charge in [0.15, 0.2) is 8.32 Å². The Morgan fingerprint density at radius 1 is 1.18 bits per heavy atom. The molecule has 2 aliphatic carbocycles. The van der Waals surface area contributed by atoms with Gasteiger partial charge in [-0.25, -0.2) is 13.4 Å². The van der Waals surface area contributed by atoms with Crippen LogP contribution in [0.15, 0.2) is 40.3 Å². The monoisotopic (exact) mass is 603 g/mol. The largest absolute Gasteiger partial charge is 0.412 e. The van der Waals surface area contributed by atoms with Crippen LogP contribution in [0, 0.1) is 23.2 Å². The van der Waals surface area contributed by atoms with Crippen molar-refractivity contribution in [2.24, 2.45) is 23.2 Å². The van der Waals surface area contributed by atoms with Crippen LogP contribution in [0.3, 0.4) is 0 Å². The van der Waals surface area contributed by atoms with E-state index in [1.165, 1.54) is 73.6 Å². The van der Waals surface area contributed by atoms with E-state index >= 15 is 0 Å². The first-order valence-electron chi connectivity index (χ1n) is 15.9. The lowest BCUT2D eigenvalue weighted by atomic mass is 9.61. The third kappa shape index (κ3) is 6.79. The molecule has 2 fully saturated rings. The summed E-state index contributed by atoms with van der Waals surface area (Å²) in [5.74, 6) is 1.98. The Kier molecular flexibility index (Phi) is 10.1. The quantitative estimate of drug-likeness (QED) is 0.169. The van der Waals surface area contributed by atoms with Crippen molar-refractivity contribution in [3.63, 3.8) is 0 Å². The molecule has 0 saturated heterocycles. The molecule has 0 unspecified atom stereocenters. The fourth-order valence-corrected chi connectivity index (χ4v) is 13.9. The van der Waals surface area contributed by atoms with Gasteiger partial charge in [-0.15, -0.1) is 11.3 Å². The minimum atomic E-state index is -3.42. The zero-order chi connectivity index (χ0) is 29.2. The van der Waals surface area contributed by atoms with Crippen LogP contribution in [-0.4, -0.2) is 33.1 Å². The number of thiazole rings is 1. The van der Waals surface area contributed by atoms with E-state index in [4.69, 9.17) is 4.43 Å². The molecular weight excluding hydrogens is 551 g/mol. The number of hydrogen-bond donors (Lipinski definition) is 0. The first-order chi connectivity index (χ1) is 18.9. The molecule has 4 atom stereocenters. The van der Waals surface area contributed by atoms with Gasteiger partial charge in [-0.05, 0) is 106 Å². The Morgan fingerprint density at radius 3 is 2.55 bits per heavy atom. The number of para-hydroxylation sites is 1. The minimum absolute atomic E-state index is 0.0361. The second kappa shape index (κ2) is 12.7. The number of rotatable bonds is 13. The average molecular weight is 604 g/mol. The second-order valence-electron chi connectivity index (χ2n) is 13.6. The lowest BCUT2D eigenvalue weighted by Crippen LogP contribution is -2.44. The summed E-state index contributed by atoms with van der Waals surface area (Å²) in [6.45, 7) is 16.6. The predicted molar refractivity (Wildman–Crippen MR) is 173 cm³/mol. The van der Waals surface area contributed by atoms with Crippen LogP contribution >= 0.6 is 11.3 Å². The van der Waals surface area contributed by atoms with E-state index in [0.29, 0.717) is 17.8 Å². The van der Waals surface area contributed by atoms with E-state index in [9.17, 15) is 8.42 Å². The molecule has 0 amide bonds. The van der Waals surface area contributed by atoms with Crippen LogP contribution in [0.25, 0.3) is 10.2 Å². The molecule has 0 radical (unpaired) electrons. The van der Waals surface area contributed by atoms with Crippen LogP contribution in [-0.2, 0) is 14.3 Å². The smallest absolute Gasteiger partial charge is 0.210 e. The molecule has 1 heterocycles. The molecule has 0 N–H and O–H groups in total. The van der Waals surface area contributed by atoms with E-state index in [0.717, 1.165) is 23.1 Å². The van der Waals surface area contributed by atoms with Crippen molar-refractivity contribution in [3.8, 4) is 0 Å². The van der Waals surface area contributed by atoms with Crippen LogP contribution in [0.1, 0.15) is 99.8 Å². The van der Waals surface area contributed by atoms with Gasteiger partial charge >= 0.3 is 0 Å². The standard InChI is InChI=1S/C33H53NO3S2Si/c1-8-40(9-2,10-3)37-32(5,6)22-13-15-25(4)27-19-20-28-26(16-14-23-33(27,28)7)21-24-39(35,36)31-34-29-17-11-12-18-30(29)38-31/h11-12,17-18,21,25,27-28H,8-10,13-16,19-20,22-24H2,1-7H3/b26-21+/t25-,27-,28+,33-/m1/s1. The number of nitrogens with zero attached hydrogens (tertiary/aromatic N) is 1. The SMILES string of the molecule is CC[Si](CC)(CC)OC(C)(C)CCC[C@@H](C)[C@H]1CC[C@H]2/C(=C/CS(=O)(=O)c3nc4ccccc4s3)CCC[C@]12C. The Bertz CT molecular complexity index is 1240. The van der Waals surface area contributed by atoms with Gasteiger partial charge < -0.3 is 4.43 Å². The van der Waals surface area contributed by atoms with E-state index in [2.05, 4.69) is 59.5 Å². The lowest BCUT2D eigenvalue weighted by molar-refractivity contribution is 0.0704. The molecule has 2 aromatic rings. The van der Waals surface area contributed by atoms with Crippen molar-refractivity contribution >= 4 is 39.7 Å². The number of benzene rings is 1. The molecule has 1 aromatic carbocycles. The lowest BCUT2D eigenvalue weighted by Gasteiger charge is -2.44. The number of allylic oxidation sites excluding steroid dienone is 1. The van der Waals surface area contributed by atoms with Crippen LogP contribution in [0.4, 0.5) is 0 Å². The van der Waals surface area contributed by atoms with E-state index in [-0.39, 0.29) is 21.1 Å². The maximum Gasteiger partial charge on any atom is 0.210 e. The summed E-state index contributed by atoms with van der Waals surface area (Å²) in [7, 11) is -5.03. The number of sulfone groups is 1. The van der Waals surface area contributed by atoms with Gasteiger partial charge in [0.1, 0.15) is 0 Å². The molecule has 0 aliphatic heterocycles. The molecule has 0 bridgehead atoms. The molecule has 7 heteroatoms. The molecule has 4 nitrogen and oxygen atoms in total. The fourth-order valence-electron chi connectivity index (χ4n) is 8.19. The van der Waals surface area contributed by atoms with Crippen molar-refractivity contribution in [1.82, 2.24) is 4.98 Å². The molecule has 4 rings (SSSR count). The van der Waals surface area contributed by atoms with Crippen molar-refractivity contribution < 1.29 is 12.8 Å². The van der Waals surface area contributed by atoms with Gasteiger partial charge in [-0.3, -0.25) is 0 Å². The molecule has 2 aliphatic rings. The summed E-state index contributed by atoms with van der Waals surface area (Å²) in [4.78, 5) is 4.44. The molecule has 0 spiro atoms. The third-order valence-electron chi connectivity index (χ3n) is 10.7. The first-order valence-corrected chi connectivity index (χ1v) is 20.9.